The standard InChI is InChI=1S/C19H21N3O4/c1-19(8-13-3-4-15-16(7-13)26-12-25-15)5-2-6-22(10-19)18(24)14-9-20-11-21-17(14)23/h3-4,7,9,11H,2,5-6,8,10,12H2,1H3,(H,20,21,23)/t19-/m1/s1. The van der Waals surface area contributed by atoms with Crippen LogP contribution < -0.4 is 15.0 Å². The molecular formula is C19H21N3O4. The van der Waals surface area contributed by atoms with Crippen LogP contribution in [0.3, 0.4) is 0 Å². The molecule has 2 aliphatic rings. The molecule has 1 aromatic heterocycles. The van der Waals surface area contributed by atoms with Crippen LogP contribution in [0.5, 0.6) is 11.5 Å². The molecule has 1 fully saturated rings. The lowest BCUT2D eigenvalue weighted by Crippen LogP contribution is -2.47. The van der Waals surface area contributed by atoms with Crippen molar-refractivity contribution in [1.82, 2.24) is 14.9 Å². The average molecular weight is 355 g/mol. The monoisotopic (exact) mass is 355 g/mol. The topological polar surface area (TPSA) is 84.5 Å². The number of amides is 1. The summed E-state index contributed by atoms with van der Waals surface area (Å²) in [7, 11) is 0. The molecule has 1 saturated heterocycles. The van der Waals surface area contributed by atoms with Crippen LogP contribution in [-0.2, 0) is 6.42 Å². The van der Waals surface area contributed by atoms with E-state index >= 15 is 0 Å². The molecule has 26 heavy (non-hydrogen) atoms. The Bertz CT molecular complexity index is 894. The van der Waals surface area contributed by atoms with Crippen molar-refractivity contribution in [3.05, 3.63) is 52.2 Å². The first-order chi connectivity index (χ1) is 12.5. The number of rotatable bonds is 3. The van der Waals surface area contributed by atoms with Crippen LogP contribution in [0, 0.1) is 5.41 Å². The molecule has 0 bridgehead atoms. The van der Waals surface area contributed by atoms with Crippen LogP contribution in [-0.4, -0.2) is 40.7 Å². The van der Waals surface area contributed by atoms with Crippen LogP contribution in [0.2, 0.25) is 0 Å². The van der Waals surface area contributed by atoms with Gasteiger partial charge in [0, 0.05) is 19.3 Å². The quantitative estimate of drug-likeness (QED) is 0.910. The highest BCUT2D eigenvalue weighted by molar-refractivity contribution is 5.93. The summed E-state index contributed by atoms with van der Waals surface area (Å²) < 4.78 is 10.8. The van der Waals surface area contributed by atoms with Crippen LogP contribution in [0.4, 0.5) is 0 Å². The number of H-pyrrole nitrogens is 1. The van der Waals surface area contributed by atoms with Crippen molar-refractivity contribution in [3.63, 3.8) is 0 Å². The summed E-state index contributed by atoms with van der Waals surface area (Å²) in [6.45, 7) is 3.71. The zero-order chi connectivity index (χ0) is 18.1. The van der Waals surface area contributed by atoms with Gasteiger partial charge in [-0.05, 0) is 42.4 Å². The second kappa shape index (κ2) is 6.48. The third kappa shape index (κ3) is 3.16. The SMILES string of the molecule is C[C@]1(Cc2ccc3c(c2)OCO3)CCCN(C(=O)c2cnc[nH]c2=O)C1. The number of fused-ring (bicyclic) bond motifs is 1. The van der Waals surface area contributed by atoms with Gasteiger partial charge < -0.3 is 19.4 Å². The number of benzene rings is 1. The van der Waals surface area contributed by atoms with E-state index in [4.69, 9.17) is 9.47 Å². The third-order valence-electron chi connectivity index (χ3n) is 5.08. The first kappa shape index (κ1) is 16.6. The Balaban J connectivity index is 1.51. The minimum Gasteiger partial charge on any atom is -0.454 e. The van der Waals surface area contributed by atoms with Crippen molar-refractivity contribution in [2.24, 2.45) is 5.41 Å². The van der Waals surface area contributed by atoms with Gasteiger partial charge in [0.15, 0.2) is 11.5 Å². The Morgan fingerprint density at radius 3 is 3.04 bits per heavy atom. The molecule has 4 rings (SSSR count). The van der Waals surface area contributed by atoms with Gasteiger partial charge >= 0.3 is 0 Å². The predicted octanol–water partition coefficient (Wildman–Crippen LogP) is 1.98. The highest BCUT2D eigenvalue weighted by Gasteiger charge is 2.34. The summed E-state index contributed by atoms with van der Waals surface area (Å²) in [4.78, 5) is 32.7. The van der Waals surface area contributed by atoms with E-state index in [2.05, 4.69) is 16.9 Å². The number of nitrogens with zero attached hydrogens (tertiary/aromatic N) is 2. The fourth-order valence-electron chi connectivity index (χ4n) is 3.84. The van der Waals surface area contributed by atoms with E-state index in [9.17, 15) is 9.59 Å². The Morgan fingerprint density at radius 1 is 1.35 bits per heavy atom. The number of aromatic amines is 1. The van der Waals surface area contributed by atoms with E-state index in [0.717, 1.165) is 36.3 Å². The fraction of sp³-hybridized carbons (Fsp3) is 0.421. The predicted molar refractivity (Wildman–Crippen MR) is 94.4 cm³/mol. The van der Waals surface area contributed by atoms with Gasteiger partial charge in [-0.2, -0.15) is 0 Å². The first-order valence-electron chi connectivity index (χ1n) is 8.75. The molecule has 2 aliphatic heterocycles. The molecule has 7 nitrogen and oxygen atoms in total. The molecule has 7 heteroatoms. The number of ether oxygens (including phenoxy) is 2. The van der Waals surface area contributed by atoms with Crippen molar-refractivity contribution >= 4 is 5.91 Å². The lowest BCUT2D eigenvalue weighted by Gasteiger charge is -2.40. The van der Waals surface area contributed by atoms with Crippen LogP contribution in [0.15, 0.2) is 35.5 Å². The minimum atomic E-state index is -0.395. The highest BCUT2D eigenvalue weighted by Crippen LogP contribution is 2.37. The molecule has 1 N–H and O–H groups in total. The zero-order valence-electron chi connectivity index (χ0n) is 14.7. The molecule has 0 aliphatic carbocycles. The summed E-state index contributed by atoms with van der Waals surface area (Å²) in [5.74, 6) is 1.29. The fourth-order valence-corrected chi connectivity index (χ4v) is 3.84. The van der Waals surface area contributed by atoms with Gasteiger partial charge in [0.05, 0.1) is 6.33 Å². The van der Waals surface area contributed by atoms with E-state index in [1.807, 2.05) is 18.2 Å². The third-order valence-corrected chi connectivity index (χ3v) is 5.08. The van der Waals surface area contributed by atoms with Gasteiger partial charge in [-0.15, -0.1) is 0 Å². The average Bonchev–Trinajstić information content (AvgIpc) is 3.09. The molecule has 3 heterocycles. The van der Waals surface area contributed by atoms with Crippen molar-refractivity contribution in [3.8, 4) is 11.5 Å². The van der Waals surface area contributed by atoms with Gasteiger partial charge in [0.1, 0.15) is 5.56 Å². The molecule has 1 amide bonds. The molecular weight excluding hydrogens is 334 g/mol. The Labute approximate surface area is 151 Å². The lowest BCUT2D eigenvalue weighted by molar-refractivity contribution is 0.0548. The van der Waals surface area contributed by atoms with Crippen LogP contribution in [0.25, 0.3) is 0 Å². The molecule has 136 valence electrons. The Morgan fingerprint density at radius 2 is 2.19 bits per heavy atom. The maximum absolute atomic E-state index is 12.7. The maximum Gasteiger partial charge on any atom is 0.263 e. The largest absolute Gasteiger partial charge is 0.454 e. The van der Waals surface area contributed by atoms with Crippen molar-refractivity contribution in [2.45, 2.75) is 26.2 Å². The minimum absolute atomic E-state index is 0.0589. The molecule has 0 saturated carbocycles. The van der Waals surface area contributed by atoms with Crippen LogP contribution >= 0.6 is 0 Å². The molecule has 0 spiro atoms. The van der Waals surface area contributed by atoms with Crippen molar-refractivity contribution in [2.75, 3.05) is 19.9 Å². The van der Waals surface area contributed by atoms with E-state index in [-0.39, 0.29) is 23.7 Å². The van der Waals surface area contributed by atoms with Gasteiger partial charge in [0.25, 0.3) is 11.5 Å². The number of likely N-dealkylation sites (tertiary alicyclic amines) is 1. The normalized spacial score (nSPS) is 21.7. The molecule has 0 radical (unpaired) electrons. The number of piperidine rings is 1. The van der Waals surface area contributed by atoms with Crippen molar-refractivity contribution in [1.29, 1.82) is 0 Å². The second-order valence-corrected chi connectivity index (χ2v) is 7.30. The summed E-state index contributed by atoms with van der Waals surface area (Å²) in [6.07, 6.45) is 5.39. The van der Waals surface area contributed by atoms with Crippen molar-refractivity contribution < 1.29 is 14.3 Å². The smallest absolute Gasteiger partial charge is 0.263 e. The molecule has 1 atom stereocenters. The van der Waals surface area contributed by atoms with Gasteiger partial charge in [-0.3, -0.25) is 9.59 Å². The van der Waals surface area contributed by atoms with Gasteiger partial charge in [0.2, 0.25) is 6.79 Å². The number of carbonyl (C=O) groups excluding carboxylic acids is 1. The van der Waals surface area contributed by atoms with Gasteiger partial charge in [-0.25, -0.2) is 4.98 Å². The van der Waals surface area contributed by atoms with Gasteiger partial charge in [-0.1, -0.05) is 13.0 Å². The Kier molecular flexibility index (Phi) is 4.14. The van der Waals surface area contributed by atoms with Crippen LogP contribution in [0.1, 0.15) is 35.7 Å². The summed E-state index contributed by atoms with van der Waals surface area (Å²) in [5, 5.41) is 0. The Hall–Kier alpha value is -2.83. The lowest BCUT2D eigenvalue weighted by atomic mass is 9.76. The van der Waals surface area contributed by atoms with E-state index in [0.29, 0.717) is 13.1 Å². The summed E-state index contributed by atoms with van der Waals surface area (Å²) in [5.41, 5.74) is 0.800. The highest BCUT2D eigenvalue weighted by atomic mass is 16.7. The molecule has 1 aromatic carbocycles. The first-order valence-corrected chi connectivity index (χ1v) is 8.75. The number of aromatic nitrogens is 2. The summed E-state index contributed by atoms with van der Waals surface area (Å²) in [6, 6.07) is 5.99. The number of hydrogen-bond donors (Lipinski definition) is 1. The van der Waals surface area contributed by atoms with E-state index in [1.165, 1.54) is 12.5 Å². The summed E-state index contributed by atoms with van der Waals surface area (Å²) >= 11 is 0. The number of nitrogens with one attached hydrogen (secondary N) is 1. The maximum atomic E-state index is 12.7. The molecule has 2 aromatic rings. The molecule has 0 unspecified atom stereocenters. The number of carbonyl (C=O) groups is 1. The zero-order valence-corrected chi connectivity index (χ0v) is 14.7. The number of hydrogen-bond acceptors (Lipinski definition) is 5. The second-order valence-electron chi connectivity index (χ2n) is 7.30. The van der Waals surface area contributed by atoms with E-state index < -0.39 is 5.56 Å². The van der Waals surface area contributed by atoms with E-state index in [1.54, 1.807) is 4.90 Å².